The number of anilines is 1. The number of aliphatic hydroxyl groups excluding tert-OH is 2. The molecular formula is C18H20N4O4S. The molecule has 4 rings (SSSR count). The van der Waals surface area contributed by atoms with Gasteiger partial charge in [-0.15, -0.1) is 16.4 Å². The molecule has 9 heteroatoms. The summed E-state index contributed by atoms with van der Waals surface area (Å²) in [4.78, 5) is 5.27. The Bertz CT molecular complexity index is 940. The van der Waals surface area contributed by atoms with E-state index in [0.717, 1.165) is 41.1 Å². The molecule has 1 unspecified atom stereocenters. The van der Waals surface area contributed by atoms with E-state index < -0.39 is 6.10 Å². The number of aliphatic hydroxyl groups is 2. The Balaban J connectivity index is 1.65. The van der Waals surface area contributed by atoms with Crippen LogP contribution in [0.5, 0.6) is 5.75 Å². The number of thiophene rings is 1. The molecule has 1 fully saturated rings. The molecule has 2 atom stereocenters. The van der Waals surface area contributed by atoms with Gasteiger partial charge in [0, 0.05) is 12.7 Å². The highest BCUT2D eigenvalue weighted by Crippen LogP contribution is 2.39. The fourth-order valence-electron chi connectivity index (χ4n) is 3.01. The van der Waals surface area contributed by atoms with Crippen molar-refractivity contribution in [3.05, 3.63) is 22.7 Å². The average molecular weight is 388 g/mol. The maximum absolute atomic E-state index is 9.54. The molecule has 1 saturated heterocycles. The lowest BCUT2D eigenvalue weighted by molar-refractivity contribution is -0.0588. The molecule has 27 heavy (non-hydrogen) atoms. The second kappa shape index (κ2) is 7.70. The number of hydrazone groups is 1. The van der Waals surface area contributed by atoms with E-state index in [1.54, 1.807) is 6.07 Å². The minimum Gasteiger partial charge on any atom is -0.489 e. The lowest BCUT2D eigenvalue weighted by Gasteiger charge is -2.30. The van der Waals surface area contributed by atoms with E-state index >= 15 is 0 Å². The van der Waals surface area contributed by atoms with Gasteiger partial charge in [0.1, 0.15) is 30.0 Å². The zero-order chi connectivity index (χ0) is 18.8. The van der Waals surface area contributed by atoms with Crippen LogP contribution in [0.2, 0.25) is 0 Å². The number of nitrogens with two attached hydrogens (primary N) is 1. The van der Waals surface area contributed by atoms with Crippen molar-refractivity contribution in [2.75, 3.05) is 25.6 Å². The average Bonchev–Trinajstić information content (AvgIpc) is 3.33. The molecule has 0 saturated carbocycles. The Kier molecular flexibility index (Phi) is 5.13. The summed E-state index contributed by atoms with van der Waals surface area (Å²) in [6.07, 6.45) is 1.99. The Morgan fingerprint density at radius 3 is 3.11 bits per heavy atom. The molecule has 0 radical (unpaired) electrons. The van der Waals surface area contributed by atoms with E-state index in [2.05, 4.69) is 21.7 Å². The van der Waals surface area contributed by atoms with E-state index in [4.69, 9.17) is 20.3 Å². The van der Waals surface area contributed by atoms with Crippen LogP contribution in [-0.4, -0.2) is 58.2 Å². The van der Waals surface area contributed by atoms with Crippen molar-refractivity contribution in [3.63, 3.8) is 0 Å². The lowest BCUT2D eigenvalue weighted by Crippen LogP contribution is -2.33. The van der Waals surface area contributed by atoms with Crippen LogP contribution in [0.1, 0.15) is 24.1 Å². The number of rotatable bonds is 6. The second-order valence-corrected chi connectivity index (χ2v) is 7.42. The van der Waals surface area contributed by atoms with Crippen LogP contribution in [0.25, 0.3) is 15.9 Å². The number of hydrogen-bond acceptors (Lipinski definition) is 9. The standard InChI is InChI=1S/C18H20N4O4S/c19-16-8-14(26-10-11(24)9-23)18-12(21-16)7-15(27-18)13-4-5-20-22(13)17-3-1-2-6-25-17/h7-8,11,17,23-24H,1-3,6,9-10H2,(H2,19,21)/t11-,17?/m1/s1. The fourth-order valence-corrected chi connectivity index (χ4v) is 4.07. The molecule has 4 N–H and O–H groups in total. The van der Waals surface area contributed by atoms with Crippen molar-refractivity contribution >= 4 is 38.9 Å². The minimum atomic E-state index is -0.957. The van der Waals surface area contributed by atoms with Crippen molar-refractivity contribution in [2.45, 2.75) is 31.6 Å². The van der Waals surface area contributed by atoms with Crippen molar-refractivity contribution in [2.24, 2.45) is 5.10 Å². The molecule has 2 aliphatic rings. The normalized spacial score (nSPS) is 20.3. The van der Waals surface area contributed by atoms with Gasteiger partial charge < -0.3 is 25.4 Å². The summed E-state index contributed by atoms with van der Waals surface area (Å²) < 4.78 is 12.3. The predicted molar refractivity (Wildman–Crippen MR) is 102 cm³/mol. The lowest BCUT2D eigenvalue weighted by atomic mass is 10.2. The molecule has 8 nitrogen and oxygen atoms in total. The van der Waals surface area contributed by atoms with Gasteiger partial charge in [-0.1, -0.05) is 0 Å². The summed E-state index contributed by atoms with van der Waals surface area (Å²) in [5, 5.41) is 24.6. The Morgan fingerprint density at radius 2 is 2.33 bits per heavy atom. The summed E-state index contributed by atoms with van der Waals surface area (Å²) in [6, 6.07) is 3.52. The van der Waals surface area contributed by atoms with Crippen molar-refractivity contribution < 1.29 is 19.7 Å². The highest BCUT2D eigenvalue weighted by atomic mass is 32.1. The number of nitrogen functional groups attached to an aromatic ring is 1. The Morgan fingerprint density at radius 1 is 1.44 bits per heavy atom. The first-order valence-electron chi connectivity index (χ1n) is 8.77. The van der Waals surface area contributed by atoms with Gasteiger partial charge in [0.2, 0.25) is 0 Å². The third-order valence-electron chi connectivity index (χ3n) is 4.33. The van der Waals surface area contributed by atoms with Gasteiger partial charge in [-0.2, -0.15) is 0 Å². The molecule has 2 aromatic rings. The molecule has 0 aromatic carbocycles. The van der Waals surface area contributed by atoms with Crippen LogP contribution in [0, 0.1) is 0 Å². The van der Waals surface area contributed by atoms with Crippen LogP contribution in [0.3, 0.4) is 0 Å². The summed E-state index contributed by atoms with van der Waals surface area (Å²) in [5.41, 5.74) is 10.4. The maximum Gasteiger partial charge on any atom is 0.152 e. The topological polar surface area (TPSA) is 113 Å². The van der Waals surface area contributed by atoms with Gasteiger partial charge in [0.15, 0.2) is 6.23 Å². The van der Waals surface area contributed by atoms with Gasteiger partial charge in [0.05, 0.1) is 27.6 Å². The summed E-state index contributed by atoms with van der Waals surface area (Å²) >= 11 is 1.47. The molecule has 0 bridgehead atoms. The van der Waals surface area contributed by atoms with Gasteiger partial charge in [-0.25, -0.2) is 9.99 Å². The number of hydrogen-bond donors (Lipinski definition) is 3. The van der Waals surface area contributed by atoms with Gasteiger partial charge in [-0.3, -0.25) is 0 Å². The van der Waals surface area contributed by atoms with Crippen LogP contribution < -0.4 is 10.5 Å². The Hall–Kier alpha value is -2.38. The molecule has 2 aromatic heterocycles. The fraction of sp³-hybridized carbons (Fsp3) is 0.444. The number of aromatic nitrogens is 1. The van der Waals surface area contributed by atoms with Gasteiger partial charge in [0.25, 0.3) is 0 Å². The number of fused-ring (bicyclic) bond motifs is 1. The highest BCUT2D eigenvalue weighted by molar-refractivity contribution is 7.20. The van der Waals surface area contributed by atoms with E-state index in [9.17, 15) is 5.11 Å². The second-order valence-electron chi connectivity index (χ2n) is 6.37. The largest absolute Gasteiger partial charge is 0.489 e. The van der Waals surface area contributed by atoms with Crippen LogP contribution in [-0.2, 0) is 4.74 Å². The zero-order valence-corrected chi connectivity index (χ0v) is 15.4. The monoisotopic (exact) mass is 388 g/mol. The summed E-state index contributed by atoms with van der Waals surface area (Å²) in [6.45, 7) is 0.320. The molecule has 0 spiro atoms. The molecule has 0 amide bonds. The van der Waals surface area contributed by atoms with Crippen LogP contribution >= 0.6 is 11.3 Å². The molecule has 142 valence electrons. The van der Waals surface area contributed by atoms with Crippen LogP contribution in [0.15, 0.2) is 23.0 Å². The number of nitrogens with zero attached hydrogens (tertiary/aromatic N) is 3. The number of pyridine rings is 1. The Labute approximate surface area is 159 Å². The molecular weight excluding hydrogens is 368 g/mol. The van der Waals surface area contributed by atoms with Crippen LogP contribution in [0.4, 0.5) is 5.82 Å². The predicted octanol–water partition coefficient (Wildman–Crippen LogP) is 1.53. The zero-order valence-electron chi connectivity index (χ0n) is 14.6. The first-order chi connectivity index (χ1) is 13.2. The third kappa shape index (κ3) is 3.70. The smallest absolute Gasteiger partial charge is 0.152 e. The molecule has 0 aliphatic carbocycles. The van der Waals surface area contributed by atoms with Crippen molar-refractivity contribution in [1.29, 1.82) is 0 Å². The van der Waals surface area contributed by atoms with E-state index in [1.807, 2.05) is 11.1 Å². The summed E-state index contributed by atoms with van der Waals surface area (Å²) in [7, 11) is 0. The minimum absolute atomic E-state index is 0.0317. The summed E-state index contributed by atoms with van der Waals surface area (Å²) in [5.74, 6) is 3.63. The van der Waals surface area contributed by atoms with Gasteiger partial charge >= 0.3 is 0 Å². The van der Waals surface area contributed by atoms with E-state index in [1.165, 1.54) is 11.3 Å². The quantitative estimate of drug-likeness (QED) is 0.643. The van der Waals surface area contributed by atoms with Gasteiger partial charge in [-0.05, 0) is 31.1 Å². The van der Waals surface area contributed by atoms with E-state index in [0.29, 0.717) is 17.1 Å². The molecule has 2 aliphatic heterocycles. The first kappa shape index (κ1) is 18.0. The highest BCUT2D eigenvalue weighted by Gasteiger charge is 2.27. The molecule has 4 heterocycles. The van der Waals surface area contributed by atoms with Crippen molar-refractivity contribution in [3.8, 4) is 5.75 Å². The van der Waals surface area contributed by atoms with Crippen molar-refractivity contribution in [1.82, 2.24) is 9.99 Å². The van der Waals surface area contributed by atoms with E-state index in [-0.39, 0.29) is 19.4 Å². The SMILES string of the molecule is Nc1cc(OC[C@H](O)CO)c2sc(C3=C=C=NN3C3CCCCO3)cc2n1. The number of ether oxygens (including phenoxy) is 2. The maximum atomic E-state index is 9.54. The first-order valence-corrected chi connectivity index (χ1v) is 9.59. The third-order valence-corrected chi connectivity index (χ3v) is 5.48.